The van der Waals surface area contributed by atoms with Crippen LogP contribution in [-0.2, 0) is 4.79 Å². The average molecular weight is 387 g/mol. The predicted molar refractivity (Wildman–Crippen MR) is 86.9 cm³/mol. The predicted octanol–water partition coefficient (Wildman–Crippen LogP) is 2.56. The first kappa shape index (κ1) is 15.9. The number of aryl methyl sites for hydroxylation is 1. The molecule has 0 spiro atoms. The Morgan fingerprint density at radius 2 is 2.38 bits per heavy atom. The molecule has 6 nitrogen and oxygen atoms in total. The molecule has 0 unspecified atom stereocenters. The van der Waals surface area contributed by atoms with Crippen LogP contribution in [0.5, 0.6) is 5.75 Å². The van der Waals surface area contributed by atoms with Gasteiger partial charge in [0.25, 0.3) is 5.91 Å². The van der Waals surface area contributed by atoms with Crippen molar-refractivity contribution in [3.05, 3.63) is 33.2 Å². The molecule has 1 aromatic carbocycles. The molecular formula is C12H11BrN4O2S2. The third-order valence-corrected chi connectivity index (χ3v) is 4.68. The lowest BCUT2D eigenvalue weighted by atomic mass is 10.2. The zero-order valence-electron chi connectivity index (χ0n) is 10.9. The molecule has 0 atom stereocenters. The molecule has 1 heterocycles. The van der Waals surface area contributed by atoms with Gasteiger partial charge in [-0.2, -0.15) is 5.10 Å². The van der Waals surface area contributed by atoms with Gasteiger partial charge in [0.1, 0.15) is 10.8 Å². The summed E-state index contributed by atoms with van der Waals surface area (Å²) < 4.78 is 1.56. The molecule has 0 aliphatic carbocycles. The summed E-state index contributed by atoms with van der Waals surface area (Å²) >= 11 is 6.04. The van der Waals surface area contributed by atoms with E-state index in [1.165, 1.54) is 29.3 Å². The van der Waals surface area contributed by atoms with Crippen LogP contribution in [0, 0.1) is 6.92 Å². The zero-order chi connectivity index (χ0) is 15.2. The highest BCUT2D eigenvalue weighted by atomic mass is 79.9. The molecule has 0 aliphatic heterocycles. The van der Waals surface area contributed by atoms with Gasteiger partial charge in [0.2, 0.25) is 0 Å². The molecule has 1 amide bonds. The molecule has 0 fully saturated rings. The summed E-state index contributed by atoms with van der Waals surface area (Å²) in [6.07, 6.45) is 1.39. The number of benzene rings is 1. The molecule has 9 heteroatoms. The Balaban J connectivity index is 1.83. The summed E-state index contributed by atoms with van der Waals surface area (Å²) in [4.78, 5) is 11.6. The van der Waals surface area contributed by atoms with Crippen molar-refractivity contribution in [3.8, 4) is 5.75 Å². The van der Waals surface area contributed by atoms with Crippen molar-refractivity contribution in [1.29, 1.82) is 0 Å². The Morgan fingerprint density at radius 1 is 1.57 bits per heavy atom. The van der Waals surface area contributed by atoms with Crippen molar-refractivity contribution in [3.63, 3.8) is 0 Å². The third kappa shape index (κ3) is 5.10. The number of thioether (sulfide) groups is 1. The second-order valence-electron chi connectivity index (χ2n) is 3.87. The Kier molecular flexibility index (Phi) is 5.71. The van der Waals surface area contributed by atoms with Crippen LogP contribution in [0.1, 0.15) is 10.6 Å². The van der Waals surface area contributed by atoms with E-state index in [1.807, 2.05) is 6.92 Å². The molecule has 2 N–H and O–H groups in total. The van der Waals surface area contributed by atoms with Crippen molar-refractivity contribution < 1.29 is 9.90 Å². The number of nitrogens with one attached hydrogen (secondary N) is 1. The summed E-state index contributed by atoms with van der Waals surface area (Å²) in [6, 6.07) is 4.95. The maximum atomic E-state index is 11.6. The molecule has 0 saturated carbocycles. The number of rotatable bonds is 5. The summed E-state index contributed by atoms with van der Waals surface area (Å²) in [5.74, 6) is 0.0460. The number of carbonyl (C=O) groups is 1. The van der Waals surface area contributed by atoms with Crippen molar-refractivity contribution in [1.82, 2.24) is 15.6 Å². The summed E-state index contributed by atoms with van der Waals surface area (Å²) in [7, 11) is 0. The van der Waals surface area contributed by atoms with Crippen LogP contribution >= 0.6 is 39.0 Å². The summed E-state index contributed by atoms with van der Waals surface area (Å²) in [5, 5.41) is 22.1. The number of aromatic hydroxyl groups is 1. The van der Waals surface area contributed by atoms with Crippen LogP contribution in [-0.4, -0.2) is 33.2 Å². The molecule has 0 bridgehead atoms. The Morgan fingerprint density at radius 3 is 3.10 bits per heavy atom. The van der Waals surface area contributed by atoms with E-state index >= 15 is 0 Å². The first-order valence-corrected chi connectivity index (χ1v) is 8.37. The van der Waals surface area contributed by atoms with Gasteiger partial charge in [-0.3, -0.25) is 4.79 Å². The smallest absolute Gasteiger partial charge is 0.250 e. The van der Waals surface area contributed by atoms with Gasteiger partial charge < -0.3 is 5.11 Å². The van der Waals surface area contributed by atoms with E-state index in [1.54, 1.807) is 18.2 Å². The van der Waals surface area contributed by atoms with Crippen LogP contribution in [0.4, 0.5) is 0 Å². The molecule has 1 aromatic heterocycles. The maximum absolute atomic E-state index is 11.6. The first-order valence-electron chi connectivity index (χ1n) is 5.78. The second-order valence-corrected chi connectivity index (χ2v) is 7.19. The van der Waals surface area contributed by atoms with Gasteiger partial charge in [-0.1, -0.05) is 39.0 Å². The second kappa shape index (κ2) is 7.53. The van der Waals surface area contributed by atoms with Crippen molar-refractivity contribution >= 4 is 51.2 Å². The standard InChI is InChI=1S/C12H11BrN4O2S2/c1-7-15-17-12(21-7)20-6-11(19)16-14-5-8-4-9(13)2-3-10(8)18/h2-5,18H,6H2,1H3,(H,16,19)/b14-5-. The minimum atomic E-state index is -0.251. The quantitative estimate of drug-likeness (QED) is 0.468. The normalized spacial score (nSPS) is 11.0. The lowest BCUT2D eigenvalue weighted by molar-refractivity contribution is -0.118. The molecule has 0 saturated heterocycles. The van der Waals surface area contributed by atoms with Gasteiger partial charge >= 0.3 is 0 Å². The SMILES string of the molecule is Cc1nnc(SCC(=O)N/N=C\c2cc(Br)ccc2O)s1. The van der Waals surface area contributed by atoms with Crippen LogP contribution in [0.25, 0.3) is 0 Å². The van der Waals surface area contributed by atoms with Crippen LogP contribution < -0.4 is 5.43 Å². The monoisotopic (exact) mass is 386 g/mol. The van der Waals surface area contributed by atoms with Gasteiger partial charge in [-0.05, 0) is 25.1 Å². The fourth-order valence-electron chi connectivity index (χ4n) is 1.30. The van der Waals surface area contributed by atoms with Gasteiger partial charge in [0.05, 0.1) is 12.0 Å². The number of carbonyl (C=O) groups excluding carboxylic acids is 1. The van der Waals surface area contributed by atoms with E-state index in [4.69, 9.17) is 0 Å². The largest absolute Gasteiger partial charge is 0.507 e. The van der Waals surface area contributed by atoms with Crippen LogP contribution in [0.15, 0.2) is 32.1 Å². The fourth-order valence-corrected chi connectivity index (χ4v) is 3.29. The third-order valence-electron chi connectivity index (χ3n) is 2.22. The van der Waals surface area contributed by atoms with E-state index in [0.717, 1.165) is 13.8 Å². The Hall–Kier alpha value is -1.45. The minimum Gasteiger partial charge on any atom is -0.507 e. The van der Waals surface area contributed by atoms with E-state index in [-0.39, 0.29) is 17.4 Å². The van der Waals surface area contributed by atoms with E-state index in [9.17, 15) is 9.90 Å². The van der Waals surface area contributed by atoms with Crippen LogP contribution in [0.2, 0.25) is 0 Å². The Labute approximate surface area is 137 Å². The van der Waals surface area contributed by atoms with Crippen molar-refractivity contribution in [2.45, 2.75) is 11.3 Å². The number of amides is 1. The molecule has 21 heavy (non-hydrogen) atoms. The molecule has 2 aromatic rings. The molecule has 110 valence electrons. The number of hydrazone groups is 1. The van der Waals surface area contributed by atoms with Crippen molar-refractivity contribution in [2.75, 3.05) is 5.75 Å². The first-order chi connectivity index (χ1) is 10.0. The highest BCUT2D eigenvalue weighted by molar-refractivity contribution is 9.10. The van der Waals surface area contributed by atoms with Gasteiger partial charge in [0, 0.05) is 10.0 Å². The Bertz CT molecular complexity index is 675. The number of halogens is 1. The van der Waals surface area contributed by atoms with Crippen LogP contribution in [0.3, 0.4) is 0 Å². The number of hydrogen-bond donors (Lipinski definition) is 2. The number of hydrogen-bond acceptors (Lipinski definition) is 7. The zero-order valence-corrected chi connectivity index (χ0v) is 14.1. The highest BCUT2D eigenvalue weighted by Gasteiger charge is 2.05. The van der Waals surface area contributed by atoms with Gasteiger partial charge in [-0.15, -0.1) is 10.2 Å². The number of phenols is 1. The molecular weight excluding hydrogens is 376 g/mol. The molecule has 2 rings (SSSR count). The fraction of sp³-hybridized carbons (Fsp3) is 0.167. The lowest BCUT2D eigenvalue weighted by Gasteiger charge is -2.00. The molecule has 0 radical (unpaired) electrons. The topological polar surface area (TPSA) is 87.5 Å². The minimum absolute atomic E-state index is 0.0925. The van der Waals surface area contributed by atoms with Crippen molar-refractivity contribution in [2.24, 2.45) is 5.10 Å². The summed E-state index contributed by atoms with van der Waals surface area (Å²) in [5.41, 5.74) is 2.91. The van der Waals surface area contributed by atoms with E-state index in [0.29, 0.717) is 5.56 Å². The maximum Gasteiger partial charge on any atom is 0.250 e. The van der Waals surface area contributed by atoms with Gasteiger partial charge in [-0.25, -0.2) is 5.43 Å². The molecule has 0 aliphatic rings. The number of phenolic OH excluding ortho intramolecular Hbond substituents is 1. The average Bonchev–Trinajstić information content (AvgIpc) is 2.86. The summed E-state index contributed by atoms with van der Waals surface area (Å²) in [6.45, 7) is 1.86. The van der Waals surface area contributed by atoms with E-state index < -0.39 is 0 Å². The number of nitrogens with zero attached hydrogens (tertiary/aromatic N) is 3. The number of aromatic nitrogens is 2. The lowest BCUT2D eigenvalue weighted by Crippen LogP contribution is -2.19. The van der Waals surface area contributed by atoms with E-state index in [2.05, 4.69) is 36.7 Å². The van der Waals surface area contributed by atoms with Gasteiger partial charge in [0.15, 0.2) is 4.34 Å². The highest BCUT2D eigenvalue weighted by Crippen LogP contribution is 2.21.